The molecular formula is C17H18ClN5O2. The lowest BCUT2D eigenvalue weighted by atomic mass is 10.3. The SMILES string of the molecule is O=c1oc2ccccc2n1CCN1CCN(c2ccc(Cl)nn2)CC1. The number of rotatable bonds is 4. The first-order valence-electron chi connectivity index (χ1n) is 8.25. The van der Waals surface area contributed by atoms with E-state index in [1.165, 1.54) is 0 Å². The lowest BCUT2D eigenvalue weighted by molar-refractivity contribution is 0.246. The molecule has 0 bridgehead atoms. The topological polar surface area (TPSA) is 67.4 Å². The molecule has 1 aromatic carbocycles. The summed E-state index contributed by atoms with van der Waals surface area (Å²) in [5.41, 5.74) is 1.49. The molecule has 3 aromatic rings. The van der Waals surface area contributed by atoms with E-state index in [-0.39, 0.29) is 5.76 Å². The van der Waals surface area contributed by atoms with Crippen molar-refractivity contribution in [2.24, 2.45) is 0 Å². The molecule has 1 fully saturated rings. The van der Waals surface area contributed by atoms with Gasteiger partial charge in [-0.15, -0.1) is 10.2 Å². The number of anilines is 1. The number of hydrogen-bond acceptors (Lipinski definition) is 6. The number of aromatic nitrogens is 3. The molecule has 7 nitrogen and oxygen atoms in total. The summed E-state index contributed by atoms with van der Waals surface area (Å²) in [6, 6.07) is 11.2. The third kappa shape index (κ3) is 3.38. The van der Waals surface area contributed by atoms with Crippen LogP contribution >= 0.6 is 11.6 Å². The van der Waals surface area contributed by atoms with Crippen LogP contribution in [0.3, 0.4) is 0 Å². The van der Waals surface area contributed by atoms with Crippen LogP contribution in [0, 0.1) is 0 Å². The third-order valence-corrected chi connectivity index (χ3v) is 4.73. The zero-order valence-corrected chi connectivity index (χ0v) is 14.4. The highest BCUT2D eigenvalue weighted by Gasteiger charge is 2.19. The van der Waals surface area contributed by atoms with Crippen LogP contribution in [0.1, 0.15) is 0 Å². The number of benzene rings is 1. The Kier molecular flexibility index (Phi) is 4.42. The Hall–Kier alpha value is -2.38. The van der Waals surface area contributed by atoms with Gasteiger partial charge in [0, 0.05) is 39.3 Å². The van der Waals surface area contributed by atoms with Gasteiger partial charge in [-0.3, -0.25) is 9.47 Å². The van der Waals surface area contributed by atoms with Crippen molar-refractivity contribution in [2.75, 3.05) is 37.6 Å². The third-order valence-electron chi connectivity index (χ3n) is 4.53. The number of para-hydroxylation sites is 2. The predicted octanol–water partition coefficient (Wildman–Crippen LogP) is 1.86. The highest BCUT2D eigenvalue weighted by Crippen LogP contribution is 2.15. The number of nitrogens with zero attached hydrogens (tertiary/aromatic N) is 5. The minimum atomic E-state index is -0.295. The Morgan fingerprint density at radius 2 is 1.80 bits per heavy atom. The van der Waals surface area contributed by atoms with E-state index in [1.54, 1.807) is 10.6 Å². The molecule has 1 aliphatic rings. The lowest BCUT2D eigenvalue weighted by Crippen LogP contribution is -2.47. The maximum atomic E-state index is 12.0. The highest BCUT2D eigenvalue weighted by molar-refractivity contribution is 6.29. The zero-order chi connectivity index (χ0) is 17.2. The summed E-state index contributed by atoms with van der Waals surface area (Å²) in [4.78, 5) is 16.6. The number of hydrogen-bond donors (Lipinski definition) is 0. The van der Waals surface area contributed by atoms with Crippen molar-refractivity contribution in [1.29, 1.82) is 0 Å². The van der Waals surface area contributed by atoms with Crippen LogP contribution in [-0.4, -0.2) is 52.4 Å². The quantitative estimate of drug-likeness (QED) is 0.708. The number of fused-ring (bicyclic) bond motifs is 1. The van der Waals surface area contributed by atoms with Gasteiger partial charge in [0.2, 0.25) is 0 Å². The van der Waals surface area contributed by atoms with Gasteiger partial charge in [0.25, 0.3) is 0 Å². The molecule has 1 saturated heterocycles. The molecule has 130 valence electrons. The van der Waals surface area contributed by atoms with Gasteiger partial charge in [-0.05, 0) is 24.3 Å². The summed E-state index contributed by atoms with van der Waals surface area (Å²) in [6.07, 6.45) is 0. The van der Waals surface area contributed by atoms with Crippen LogP contribution in [0.5, 0.6) is 0 Å². The van der Waals surface area contributed by atoms with Crippen LogP contribution in [-0.2, 0) is 6.54 Å². The monoisotopic (exact) mass is 359 g/mol. The first-order valence-corrected chi connectivity index (χ1v) is 8.63. The van der Waals surface area contributed by atoms with Crippen molar-refractivity contribution in [3.05, 3.63) is 52.1 Å². The Morgan fingerprint density at radius 1 is 1.00 bits per heavy atom. The van der Waals surface area contributed by atoms with E-state index in [9.17, 15) is 4.79 Å². The highest BCUT2D eigenvalue weighted by atomic mass is 35.5. The fraction of sp³-hybridized carbons (Fsp3) is 0.353. The van der Waals surface area contributed by atoms with Gasteiger partial charge in [0.15, 0.2) is 16.6 Å². The summed E-state index contributed by atoms with van der Waals surface area (Å²) in [6.45, 7) is 5.00. The Balaban J connectivity index is 1.36. The predicted molar refractivity (Wildman–Crippen MR) is 96.2 cm³/mol. The van der Waals surface area contributed by atoms with Gasteiger partial charge in [-0.25, -0.2) is 4.79 Å². The molecule has 0 amide bonds. The minimum Gasteiger partial charge on any atom is -0.408 e. The van der Waals surface area contributed by atoms with E-state index in [1.807, 2.05) is 30.3 Å². The number of halogens is 1. The summed E-state index contributed by atoms with van der Waals surface area (Å²) in [7, 11) is 0. The maximum Gasteiger partial charge on any atom is 0.419 e. The van der Waals surface area contributed by atoms with Crippen LogP contribution in [0.2, 0.25) is 5.15 Å². The average Bonchev–Trinajstić information content (AvgIpc) is 2.96. The fourth-order valence-electron chi connectivity index (χ4n) is 3.15. The smallest absolute Gasteiger partial charge is 0.408 e. The van der Waals surface area contributed by atoms with Crippen molar-refractivity contribution in [3.63, 3.8) is 0 Å². The number of oxazole rings is 1. The van der Waals surface area contributed by atoms with Crippen molar-refractivity contribution in [3.8, 4) is 0 Å². The Labute approximate surface area is 149 Å². The molecule has 25 heavy (non-hydrogen) atoms. The van der Waals surface area contributed by atoms with Gasteiger partial charge in [0.05, 0.1) is 5.52 Å². The molecule has 0 unspecified atom stereocenters. The molecule has 0 saturated carbocycles. The molecule has 0 aliphatic carbocycles. The van der Waals surface area contributed by atoms with E-state index >= 15 is 0 Å². The van der Waals surface area contributed by atoms with Crippen LogP contribution < -0.4 is 10.7 Å². The lowest BCUT2D eigenvalue weighted by Gasteiger charge is -2.35. The van der Waals surface area contributed by atoms with Crippen LogP contribution in [0.4, 0.5) is 5.82 Å². The van der Waals surface area contributed by atoms with Crippen molar-refractivity contribution in [1.82, 2.24) is 19.7 Å². The molecule has 3 heterocycles. The zero-order valence-electron chi connectivity index (χ0n) is 13.6. The standard InChI is InChI=1S/C17H18ClN5O2/c18-15-5-6-16(20-19-15)22-10-7-21(8-11-22)9-12-23-13-3-1-2-4-14(13)25-17(23)24/h1-6H,7-12H2. The minimum absolute atomic E-state index is 0.295. The van der Waals surface area contributed by atoms with E-state index < -0.39 is 0 Å². The van der Waals surface area contributed by atoms with E-state index in [0.29, 0.717) is 17.3 Å². The molecule has 0 atom stereocenters. The van der Waals surface area contributed by atoms with Crippen molar-refractivity contribution < 1.29 is 4.42 Å². The number of piperazine rings is 1. The summed E-state index contributed by atoms with van der Waals surface area (Å²) >= 11 is 5.78. The van der Waals surface area contributed by atoms with Gasteiger partial charge in [0.1, 0.15) is 0 Å². The Bertz CT molecular complexity index is 913. The van der Waals surface area contributed by atoms with Crippen molar-refractivity contribution >= 4 is 28.5 Å². The molecule has 4 rings (SSSR count). The largest absolute Gasteiger partial charge is 0.419 e. The molecule has 8 heteroatoms. The molecular weight excluding hydrogens is 342 g/mol. The second-order valence-corrected chi connectivity index (χ2v) is 6.42. The second-order valence-electron chi connectivity index (χ2n) is 6.03. The van der Waals surface area contributed by atoms with Crippen LogP contribution in [0.15, 0.2) is 45.6 Å². The summed E-state index contributed by atoms with van der Waals surface area (Å²) in [5, 5.41) is 8.42. The second kappa shape index (κ2) is 6.85. The molecule has 0 spiro atoms. The normalized spacial score (nSPS) is 15.8. The summed E-state index contributed by atoms with van der Waals surface area (Å²) < 4.78 is 6.98. The molecule has 2 aromatic heterocycles. The van der Waals surface area contributed by atoms with Gasteiger partial charge < -0.3 is 9.32 Å². The maximum absolute atomic E-state index is 12.0. The van der Waals surface area contributed by atoms with Gasteiger partial charge in [-0.2, -0.15) is 0 Å². The van der Waals surface area contributed by atoms with Crippen LogP contribution in [0.25, 0.3) is 11.1 Å². The summed E-state index contributed by atoms with van der Waals surface area (Å²) in [5.74, 6) is 0.553. The first-order chi connectivity index (χ1) is 12.2. The van der Waals surface area contributed by atoms with Crippen molar-refractivity contribution in [2.45, 2.75) is 6.54 Å². The Morgan fingerprint density at radius 3 is 2.56 bits per heavy atom. The van der Waals surface area contributed by atoms with E-state index in [0.717, 1.165) is 44.1 Å². The molecule has 1 aliphatic heterocycles. The molecule has 0 N–H and O–H groups in total. The van der Waals surface area contributed by atoms with E-state index in [4.69, 9.17) is 16.0 Å². The first kappa shape index (κ1) is 16.1. The molecule has 0 radical (unpaired) electrons. The van der Waals surface area contributed by atoms with Gasteiger partial charge >= 0.3 is 5.76 Å². The fourth-order valence-corrected chi connectivity index (χ4v) is 3.25. The van der Waals surface area contributed by atoms with Gasteiger partial charge in [-0.1, -0.05) is 23.7 Å². The van der Waals surface area contributed by atoms with E-state index in [2.05, 4.69) is 20.0 Å². The average molecular weight is 360 g/mol.